The summed E-state index contributed by atoms with van der Waals surface area (Å²) in [5.41, 5.74) is 0.809. The van der Waals surface area contributed by atoms with Crippen LogP contribution in [0.5, 0.6) is 11.5 Å². The van der Waals surface area contributed by atoms with E-state index in [2.05, 4.69) is 21.0 Å². The van der Waals surface area contributed by atoms with Gasteiger partial charge in [0.05, 0.1) is 5.02 Å². The molecule has 8 heteroatoms. The van der Waals surface area contributed by atoms with Crippen molar-refractivity contribution in [1.82, 2.24) is 5.01 Å². The van der Waals surface area contributed by atoms with Gasteiger partial charge in [0, 0.05) is 27.0 Å². The molecule has 1 amide bonds. The summed E-state index contributed by atoms with van der Waals surface area (Å²) in [6.45, 7) is 1.46. The number of benzene rings is 3. The first-order chi connectivity index (χ1) is 15.5. The molecule has 4 aromatic rings. The molecule has 0 aliphatic carbocycles. The van der Waals surface area contributed by atoms with Crippen molar-refractivity contribution < 1.29 is 14.3 Å². The zero-order chi connectivity index (χ0) is 22.2. The van der Waals surface area contributed by atoms with Gasteiger partial charge in [0.25, 0.3) is 5.90 Å². The summed E-state index contributed by atoms with van der Waals surface area (Å²) < 4.78 is 13.9. The van der Waals surface area contributed by atoms with Gasteiger partial charge in [-0.25, -0.2) is 0 Å². The molecule has 0 fully saturated rings. The van der Waals surface area contributed by atoms with Crippen LogP contribution in [-0.4, -0.2) is 16.8 Å². The zero-order valence-corrected chi connectivity index (χ0v) is 19.9. The minimum absolute atomic E-state index is 0.222. The van der Waals surface area contributed by atoms with E-state index in [1.54, 1.807) is 0 Å². The van der Waals surface area contributed by atoms with Crippen molar-refractivity contribution in [2.45, 2.75) is 13.2 Å². The van der Waals surface area contributed by atoms with Crippen molar-refractivity contribution >= 4 is 60.8 Å². The first-order valence-corrected chi connectivity index (χ1v) is 11.7. The minimum Gasteiger partial charge on any atom is -0.457 e. The SMILES string of the molecule is CC(=O)N1N=C(c2sc3ccc(Oc4ccccc4)cc3c2Cl)OC1c1cccc(Br)c1. The van der Waals surface area contributed by atoms with Crippen LogP contribution in [-0.2, 0) is 9.53 Å². The van der Waals surface area contributed by atoms with Crippen LogP contribution in [0.2, 0.25) is 5.02 Å². The van der Waals surface area contributed by atoms with Crippen LogP contribution >= 0.6 is 38.9 Å². The number of rotatable bonds is 4. The van der Waals surface area contributed by atoms with Crippen LogP contribution in [0.4, 0.5) is 0 Å². The molecular weight excluding hydrogens is 512 g/mol. The third-order valence-corrected chi connectivity index (χ3v) is 7.03. The molecule has 2 heterocycles. The van der Waals surface area contributed by atoms with E-state index in [0.717, 1.165) is 25.9 Å². The number of ether oxygens (including phenoxy) is 2. The molecule has 5 nitrogen and oxygen atoms in total. The van der Waals surface area contributed by atoms with Crippen LogP contribution in [0.15, 0.2) is 82.4 Å². The van der Waals surface area contributed by atoms with Crippen molar-refractivity contribution in [3.8, 4) is 11.5 Å². The number of nitrogens with zero attached hydrogens (tertiary/aromatic N) is 2. The Morgan fingerprint density at radius 3 is 2.66 bits per heavy atom. The molecule has 0 spiro atoms. The van der Waals surface area contributed by atoms with Crippen LogP contribution in [0.3, 0.4) is 0 Å². The fourth-order valence-corrected chi connectivity index (χ4v) is 5.23. The molecule has 0 bridgehead atoms. The Bertz CT molecular complexity index is 1360. The van der Waals surface area contributed by atoms with E-state index in [1.165, 1.54) is 23.3 Å². The van der Waals surface area contributed by atoms with E-state index in [9.17, 15) is 4.79 Å². The van der Waals surface area contributed by atoms with Crippen molar-refractivity contribution in [2.24, 2.45) is 5.10 Å². The minimum atomic E-state index is -0.654. The molecule has 0 saturated heterocycles. The number of hydrogen-bond acceptors (Lipinski definition) is 5. The number of carbonyl (C=O) groups excluding carboxylic acids is 1. The van der Waals surface area contributed by atoms with Gasteiger partial charge in [-0.1, -0.05) is 57.9 Å². The maximum absolute atomic E-state index is 12.2. The molecule has 0 saturated carbocycles. The third kappa shape index (κ3) is 3.99. The summed E-state index contributed by atoms with van der Waals surface area (Å²) in [6.07, 6.45) is -0.654. The monoisotopic (exact) mass is 526 g/mol. The number of hydrogen-bond donors (Lipinski definition) is 0. The van der Waals surface area contributed by atoms with Gasteiger partial charge in [-0.05, 0) is 42.5 Å². The summed E-state index contributed by atoms with van der Waals surface area (Å²) in [6, 6.07) is 22.9. The average molecular weight is 528 g/mol. The highest BCUT2D eigenvalue weighted by Crippen LogP contribution is 2.41. The first-order valence-electron chi connectivity index (χ1n) is 9.75. The number of para-hydroxylation sites is 1. The number of carbonyl (C=O) groups is 1. The molecule has 160 valence electrons. The first kappa shape index (κ1) is 21.0. The summed E-state index contributed by atoms with van der Waals surface area (Å²) in [7, 11) is 0. The van der Waals surface area contributed by atoms with Crippen LogP contribution < -0.4 is 4.74 Å². The average Bonchev–Trinajstić information content (AvgIpc) is 3.37. The van der Waals surface area contributed by atoms with E-state index >= 15 is 0 Å². The maximum Gasteiger partial charge on any atom is 0.252 e. The fraction of sp³-hybridized carbons (Fsp3) is 0.0833. The molecule has 32 heavy (non-hydrogen) atoms. The predicted octanol–water partition coefficient (Wildman–Crippen LogP) is 7.35. The lowest BCUT2D eigenvalue weighted by molar-refractivity contribution is -0.135. The Morgan fingerprint density at radius 1 is 1.09 bits per heavy atom. The molecular formula is C24H16BrClN2O3S. The maximum atomic E-state index is 12.2. The molecule has 1 aliphatic rings. The molecule has 1 aromatic heterocycles. The number of thiophene rings is 1. The third-order valence-electron chi connectivity index (χ3n) is 4.87. The van der Waals surface area contributed by atoms with Gasteiger partial charge in [0.2, 0.25) is 12.1 Å². The lowest BCUT2D eigenvalue weighted by Crippen LogP contribution is -2.25. The van der Waals surface area contributed by atoms with Crippen molar-refractivity contribution in [3.05, 3.63) is 92.7 Å². The lowest BCUT2D eigenvalue weighted by atomic mass is 10.2. The second kappa shape index (κ2) is 8.58. The summed E-state index contributed by atoms with van der Waals surface area (Å²) in [4.78, 5) is 12.9. The predicted molar refractivity (Wildman–Crippen MR) is 130 cm³/mol. The van der Waals surface area contributed by atoms with Crippen LogP contribution in [0.25, 0.3) is 10.1 Å². The fourth-order valence-electron chi connectivity index (χ4n) is 3.41. The Labute approximate surface area is 202 Å². The van der Waals surface area contributed by atoms with E-state index < -0.39 is 6.23 Å². The van der Waals surface area contributed by atoms with Gasteiger partial charge >= 0.3 is 0 Å². The molecule has 1 aliphatic heterocycles. The second-order valence-corrected chi connectivity index (χ2v) is 9.46. The number of halogens is 2. The molecule has 0 N–H and O–H groups in total. The normalized spacial score (nSPS) is 15.5. The highest BCUT2D eigenvalue weighted by atomic mass is 79.9. The zero-order valence-electron chi connectivity index (χ0n) is 16.8. The second-order valence-electron chi connectivity index (χ2n) is 7.11. The summed E-state index contributed by atoms with van der Waals surface area (Å²) in [5.74, 6) is 1.53. The summed E-state index contributed by atoms with van der Waals surface area (Å²) >= 11 is 11.7. The van der Waals surface area contributed by atoms with Gasteiger partial charge in [-0.2, -0.15) is 5.01 Å². The van der Waals surface area contributed by atoms with E-state index in [-0.39, 0.29) is 5.91 Å². The molecule has 3 aromatic carbocycles. The number of amides is 1. The Balaban J connectivity index is 1.49. The largest absolute Gasteiger partial charge is 0.457 e. The van der Waals surface area contributed by atoms with E-state index in [4.69, 9.17) is 21.1 Å². The lowest BCUT2D eigenvalue weighted by Gasteiger charge is -2.19. The van der Waals surface area contributed by atoms with Crippen LogP contribution in [0, 0.1) is 0 Å². The quantitative estimate of drug-likeness (QED) is 0.279. The van der Waals surface area contributed by atoms with Gasteiger partial charge in [-0.3, -0.25) is 4.79 Å². The van der Waals surface area contributed by atoms with Crippen molar-refractivity contribution in [3.63, 3.8) is 0 Å². The summed E-state index contributed by atoms with van der Waals surface area (Å²) in [5, 5.41) is 7.14. The molecule has 1 unspecified atom stereocenters. The van der Waals surface area contributed by atoms with Crippen molar-refractivity contribution in [2.75, 3.05) is 0 Å². The van der Waals surface area contributed by atoms with Crippen LogP contribution in [0.1, 0.15) is 23.6 Å². The molecule has 1 atom stereocenters. The van der Waals surface area contributed by atoms with Gasteiger partial charge < -0.3 is 9.47 Å². The highest BCUT2D eigenvalue weighted by molar-refractivity contribution is 9.10. The standard InChI is InChI=1S/C24H16BrClN2O3S/c1-14(29)28-24(15-6-5-7-16(25)12-15)31-23(27-28)22-21(26)19-13-18(10-11-20(19)32-22)30-17-8-3-2-4-9-17/h2-13,24H,1H3. The smallest absolute Gasteiger partial charge is 0.252 e. The van der Waals surface area contributed by atoms with Gasteiger partial charge in [0.1, 0.15) is 16.4 Å². The van der Waals surface area contributed by atoms with E-state index in [0.29, 0.717) is 21.5 Å². The molecule has 5 rings (SSSR count). The van der Waals surface area contributed by atoms with E-state index in [1.807, 2.05) is 72.8 Å². The van der Waals surface area contributed by atoms with Crippen molar-refractivity contribution in [1.29, 1.82) is 0 Å². The molecule has 0 radical (unpaired) electrons. The van der Waals surface area contributed by atoms with Gasteiger partial charge in [0.15, 0.2) is 0 Å². The highest BCUT2D eigenvalue weighted by Gasteiger charge is 2.35. The Hall–Kier alpha value is -2.87. The topological polar surface area (TPSA) is 51.1 Å². The number of hydrazone groups is 1. The Kier molecular flexibility index (Phi) is 5.63. The number of fused-ring (bicyclic) bond motifs is 1. The van der Waals surface area contributed by atoms with Gasteiger partial charge in [-0.15, -0.1) is 16.4 Å². The Morgan fingerprint density at radius 2 is 1.91 bits per heavy atom.